The van der Waals surface area contributed by atoms with Crippen molar-refractivity contribution in [2.24, 2.45) is 0 Å². The second-order valence-electron chi connectivity index (χ2n) is 5.81. The van der Waals surface area contributed by atoms with Gasteiger partial charge in [0.05, 0.1) is 12.4 Å². The highest BCUT2D eigenvalue weighted by Gasteiger charge is 2.19. The number of hydrogen-bond acceptors (Lipinski definition) is 8. The Bertz CT molecular complexity index is 680. The molecule has 0 radical (unpaired) electrons. The van der Waals surface area contributed by atoms with Gasteiger partial charge >= 0.3 is 5.97 Å². The fourth-order valence-electron chi connectivity index (χ4n) is 2.73. The van der Waals surface area contributed by atoms with Crippen molar-refractivity contribution in [1.29, 1.82) is 0 Å². The van der Waals surface area contributed by atoms with Crippen molar-refractivity contribution >= 4 is 34.2 Å². The topological polar surface area (TPSA) is 77.2 Å². The molecule has 2 aromatic rings. The van der Waals surface area contributed by atoms with E-state index in [1.807, 2.05) is 6.92 Å². The van der Waals surface area contributed by atoms with Gasteiger partial charge in [-0.15, -0.1) is 10.2 Å². The van der Waals surface area contributed by atoms with Gasteiger partial charge in [-0.1, -0.05) is 42.4 Å². The fourth-order valence-corrected chi connectivity index (χ4v) is 4.78. The lowest BCUT2D eigenvalue weighted by Gasteiger charge is -2.21. The Morgan fingerprint density at radius 1 is 1.38 bits per heavy atom. The highest BCUT2D eigenvalue weighted by Crippen LogP contribution is 2.38. The predicted molar refractivity (Wildman–Crippen MR) is 94.7 cm³/mol. The summed E-state index contributed by atoms with van der Waals surface area (Å²) < 4.78 is 11.1. The third kappa shape index (κ3) is 4.30. The van der Waals surface area contributed by atoms with Gasteiger partial charge in [0.25, 0.3) is 0 Å². The largest absolute Gasteiger partial charge is 0.463 e. The molecule has 1 saturated carbocycles. The third-order valence-electron chi connectivity index (χ3n) is 4.03. The number of aromatic nitrogens is 2. The lowest BCUT2D eigenvalue weighted by atomic mass is 9.96. The van der Waals surface area contributed by atoms with Crippen LogP contribution in [0, 0.1) is 0 Å². The van der Waals surface area contributed by atoms with Crippen LogP contribution in [0.25, 0.3) is 0 Å². The van der Waals surface area contributed by atoms with E-state index >= 15 is 0 Å². The zero-order valence-corrected chi connectivity index (χ0v) is 15.4. The van der Waals surface area contributed by atoms with Crippen molar-refractivity contribution < 1.29 is 13.9 Å². The van der Waals surface area contributed by atoms with Crippen LogP contribution in [0.2, 0.25) is 0 Å². The molecule has 3 rings (SSSR count). The van der Waals surface area contributed by atoms with E-state index < -0.39 is 5.97 Å². The molecule has 0 amide bonds. The quantitative estimate of drug-likeness (QED) is 0.594. The first kappa shape index (κ1) is 17.3. The summed E-state index contributed by atoms with van der Waals surface area (Å²) in [4.78, 5) is 11.4. The SMILES string of the molecule is COC(=O)c1ccc(C(C)Sc2nnc(NC3CCCCC3)s2)o1. The van der Waals surface area contributed by atoms with Crippen molar-refractivity contribution in [3.8, 4) is 0 Å². The van der Waals surface area contributed by atoms with Gasteiger partial charge in [-0.05, 0) is 31.9 Å². The lowest BCUT2D eigenvalue weighted by Crippen LogP contribution is -2.21. The van der Waals surface area contributed by atoms with E-state index in [2.05, 4.69) is 20.3 Å². The summed E-state index contributed by atoms with van der Waals surface area (Å²) in [7, 11) is 1.34. The van der Waals surface area contributed by atoms with Crippen LogP contribution in [0.5, 0.6) is 0 Å². The molecule has 1 aliphatic rings. The number of ether oxygens (including phenoxy) is 1. The summed E-state index contributed by atoms with van der Waals surface area (Å²) in [5.74, 6) is 0.475. The molecule has 1 atom stereocenters. The number of thioether (sulfide) groups is 1. The van der Waals surface area contributed by atoms with Crippen LogP contribution >= 0.6 is 23.1 Å². The Balaban J connectivity index is 1.57. The van der Waals surface area contributed by atoms with Crippen LogP contribution in [0.1, 0.15) is 60.6 Å². The van der Waals surface area contributed by atoms with Crippen molar-refractivity contribution in [1.82, 2.24) is 10.2 Å². The molecule has 0 saturated heterocycles. The molecule has 1 unspecified atom stereocenters. The Morgan fingerprint density at radius 3 is 2.92 bits per heavy atom. The van der Waals surface area contributed by atoms with E-state index in [4.69, 9.17) is 4.42 Å². The highest BCUT2D eigenvalue weighted by atomic mass is 32.2. The van der Waals surface area contributed by atoms with Gasteiger partial charge in [0.15, 0.2) is 4.34 Å². The number of esters is 1. The van der Waals surface area contributed by atoms with Crippen LogP contribution in [0.4, 0.5) is 5.13 Å². The lowest BCUT2D eigenvalue weighted by molar-refractivity contribution is 0.0563. The summed E-state index contributed by atoms with van der Waals surface area (Å²) in [6.45, 7) is 2.01. The van der Waals surface area contributed by atoms with Crippen LogP contribution in [-0.2, 0) is 4.74 Å². The molecule has 130 valence electrons. The first-order valence-corrected chi connectivity index (χ1v) is 9.80. The maximum atomic E-state index is 11.4. The first-order chi connectivity index (χ1) is 11.7. The molecule has 2 aromatic heterocycles. The normalized spacial score (nSPS) is 16.8. The summed E-state index contributed by atoms with van der Waals surface area (Å²) in [6.07, 6.45) is 6.33. The molecule has 1 N–H and O–H groups in total. The molecule has 0 aliphatic heterocycles. The van der Waals surface area contributed by atoms with E-state index in [9.17, 15) is 4.79 Å². The summed E-state index contributed by atoms with van der Waals surface area (Å²) >= 11 is 3.13. The molecule has 1 fully saturated rings. The average Bonchev–Trinajstić information content (AvgIpc) is 3.25. The standard InChI is InChI=1S/C16H21N3O3S2/c1-10(12-8-9-13(22-12)14(20)21-2)23-16-19-18-15(24-16)17-11-6-4-3-5-7-11/h8-11H,3-7H2,1-2H3,(H,17,18). The Hall–Kier alpha value is -1.54. The molecule has 8 heteroatoms. The number of nitrogens with zero attached hydrogens (tertiary/aromatic N) is 2. The number of nitrogens with one attached hydrogen (secondary N) is 1. The predicted octanol–water partition coefficient (Wildman–Crippen LogP) is 4.52. The molecular weight excluding hydrogens is 346 g/mol. The van der Waals surface area contributed by atoms with Crippen LogP contribution in [0.15, 0.2) is 20.9 Å². The minimum atomic E-state index is -0.465. The summed E-state index contributed by atoms with van der Waals surface area (Å²) in [5.41, 5.74) is 0. The number of anilines is 1. The average molecular weight is 367 g/mol. The fraction of sp³-hybridized carbons (Fsp3) is 0.562. The van der Waals surface area contributed by atoms with Gasteiger partial charge in [0.2, 0.25) is 10.9 Å². The third-order valence-corrected chi connectivity index (χ3v) is 6.09. The second-order valence-corrected chi connectivity index (χ2v) is 8.37. The number of carbonyl (C=O) groups is 1. The van der Waals surface area contributed by atoms with Gasteiger partial charge in [-0.25, -0.2) is 4.79 Å². The van der Waals surface area contributed by atoms with Crippen molar-refractivity contribution in [2.75, 3.05) is 12.4 Å². The van der Waals surface area contributed by atoms with Gasteiger partial charge < -0.3 is 14.5 Å². The molecule has 2 heterocycles. The zero-order chi connectivity index (χ0) is 16.9. The van der Waals surface area contributed by atoms with E-state index in [1.54, 1.807) is 35.2 Å². The van der Waals surface area contributed by atoms with Gasteiger partial charge in [-0.2, -0.15) is 0 Å². The van der Waals surface area contributed by atoms with Crippen LogP contribution in [-0.4, -0.2) is 29.3 Å². The minimum absolute atomic E-state index is 0.0406. The Morgan fingerprint density at radius 2 is 2.17 bits per heavy atom. The molecule has 0 bridgehead atoms. The number of rotatable bonds is 6. The zero-order valence-electron chi connectivity index (χ0n) is 13.8. The van der Waals surface area contributed by atoms with Gasteiger partial charge in [-0.3, -0.25) is 0 Å². The van der Waals surface area contributed by atoms with Gasteiger partial charge in [0, 0.05) is 6.04 Å². The van der Waals surface area contributed by atoms with E-state index in [0.29, 0.717) is 6.04 Å². The molecule has 24 heavy (non-hydrogen) atoms. The number of furan rings is 1. The first-order valence-electron chi connectivity index (χ1n) is 8.10. The van der Waals surface area contributed by atoms with E-state index in [-0.39, 0.29) is 11.0 Å². The maximum Gasteiger partial charge on any atom is 0.373 e. The van der Waals surface area contributed by atoms with Gasteiger partial charge in [0.1, 0.15) is 5.76 Å². The number of methoxy groups -OCH3 is 1. The monoisotopic (exact) mass is 367 g/mol. The van der Waals surface area contributed by atoms with E-state index in [0.717, 1.165) is 15.2 Å². The molecule has 0 spiro atoms. The smallest absolute Gasteiger partial charge is 0.373 e. The highest BCUT2D eigenvalue weighted by molar-refractivity contribution is 8.01. The molecular formula is C16H21N3O3S2. The molecule has 0 aromatic carbocycles. The van der Waals surface area contributed by atoms with Crippen molar-refractivity contribution in [3.05, 3.63) is 23.7 Å². The summed E-state index contributed by atoms with van der Waals surface area (Å²) in [5, 5.41) is 12.9. The minimum Gasteiger partial charge on any atom is -0.463 e. The maximum absolute atomic E-state index is 11.4. The van der Waals surface area contributed by atoms with Crippen LogP contribution in [0.3, 0.4) is 0 Å². The Labute approximate surface area is 149 Å². The van der Waals surface area contributed by atoms with E-state index in [1.165, 1.54) is 39.2 Å². The van der Waals surface area contributed by atoms with Crippen LogP contribution < -0.4 is 5.32 Å². The molecule has 6 nitrogen and oxygen atoms in total. The molecule has 1 aliphatic carbocycles. The summed E-state index contributed by atoms with van der Waals surface area (Å²) in [6, 6.07) is 3.95. The number of carbonyl (C=O) groups excluding carboxylic acids is 1. The van der Waals surface area contributed by atoms with Crippen molar-refractivity contribution in [2.45, 2.75) is 54.7 Å². The second kappa shape index (κ2) is 8.02. The Kier molecular flexibility index (Phi) is 5.78. The number of hydrogen-bond donors (Lipinski definition) is 1. The van der Waals surface area contributed by atoms with Crippen molar-refractivity contribution in [3.63, 3.8) is 0 Å².